The quantitative estimate of drug-likeness (QED) is 0.768. The minimum atomic E-state index is -4.52. The van der Waals surface area contributed by atoms with Crippen LogP contribution in [0, 0.1) is 0 Å². The van der Waals surface area contributed by atoms with E-state index >= 15 is 0 Å². The first kappa shape index (κ1) is 19.0. The van der Waals surface area contributed by atoms with Gasteiger partial charge in [-0.2, -0.15) is 13.2 Å². The van der Waals surface area contributed by atoms with Crippen LogP contribution in [0.25, 0.3) is 0 Å². The summed E-state index contributed by atoms with van der Waals surface area (Å²) in [6.45, 7) is 0.0716. The lowest BCUT2D eigenvalue weighted by molar-refractivity contribution is -0.138. The second-order valence-corrected chi connectivity index (χ2v) is 5.97. The van der Waals surface area contributed by atoms with Crippen LogP contribution in [-0.2, 0) is 11.0 Å². The minimum absolute atomic E-state index is 0.0370. The molecule has 0 aromatic heterocycles. The van der Waals surface area contributed by atoms with Crippen molar-refractivity contribution < 1.29 is 22.8 Å². The Morgan fingerprint density at radius 1 is 1.04 bits per heavy atom. The van der Waals surface area contributed by atoms with Crippen LogP contribution in [0.4, 0.5) is 18.9 Å². The molecule has 4 nitrogen and oxygen atoms in total. The van der Waals surface area contributed by atoms with Gasteiger partial charge in [0.1, 0.15) is 0 Å². The second-order valence-electron chi connectivity index (χ2n) is 5.11. The van der Waals surface area contributed by atoms with E-state index in [0.717, 1.165) is 6.07 Å². The highest BCUT2D eigenvalue weighted by atomic mass is 79.9. The number of hydrogen-bond donors (Lipinski definition) is 2. The summed E-state index contributed by atoms with van der Waals surface area (Å²) in [6, 6.07) is 11.9. The van der Waals surface area contributed by atoms with Crippen molar-refractivity contribution in [2.75, 3.05) is 11.9 Å². The first-order valence-electron chi connectivity index (χ1n) is 7.27. The van der Waals surface area contributed by atoms with Gasteiger partial charge in [-0.25, -0.2) is 0 Å². The van der Waals surface area contributed by atoms with Crippen molar-refractivity contribution in [1.29, 1.82) is 0 Å². The van der Waals surface area contributed by atoms with Crippen LogP contribution in [0.15, 0.2) is 53.0 Å². The van der Waals surface area contributed by atoms with Crippen LogP contribution in [0.2, 0.25) is 0 Å². The lowest BCUT2D eigenvalue weighted by Gasteiger charge is -2.12. The standard InChI is InChI=1S/C17H14BrF3N2O2/c18-14-7-6-12(10-13(14)17(19,20)21)23-15(24)8-9-22-16(25)11-4-2-1-3-5-11/h1-7,10H,8-9H2,(H,22,25)(H,23,24). The highest BCUT2D eigenvalue weighted by molar-refractivity contribution is 9.10. The van der Waals surface area contributed by atoms with Gasteiger partial charge >= 0.3 is 6.18 Å². The van der Waals surface area contributed by atoms with Crippen LogP contribution in [0.1, 0.15) is 22.3 Å². The third kappa shape index (κ3) is 5.60. The van der Waals surface area contributed by atoms with E-state index in [4.69, 9.17) is 0 Å². The van der Waals surface area contributed by atoms with Crippen molar-refractivity contribution in [3.05, 3.63) is 64.1 Å². The highest BCUT2D eigenvalue weighted by Gasteiger charge is 2.33. The Morgan fingerprint density at radius 2 is 1.72 bits per heavy atom. The monoisotopic (exact) mass is 414 g/mol. The van der Waals surface area contributed by atoms with Gasteiger partial charge in [0.15, 0.2) is 0 Å². The molecule has 2 amide bonds. The molecule has 0 spiro atoms. The van der Waals surface area contributed by atoms with Gasteiger partial charge in [-0.05, 0) is 30.3 Å². The van der Waals surface area contributed by atoms with Gasteiger partial charge in [0.2, 0.25) is 5.91 Å². The van der Waals surface area contributed by atoms with E-state index in [1.165, 1.54) is 12.1 Å². The number of anilines is 1. The molecule has 25 heavy (non-hydrogen) atoms. The number of hydrogen-bond acceptors (Lipinski definition) is 2. The summed E-state index contributed by atoms with van der Waals surface area (Å²) in [5.41, 5.74) is -0.372. The topological polar surface area (TPSA) is 58.2 Å². The van der Waals surface area contributed by atoms with E-state index in [1.54, 1.807) is 30.3 Å². The summed E-state index contributed by atoms with van der Waals surface area (Å²) < 4.78 is 38.4. The molecule has 0 bridgehead atoms. The molecular weight excluding hydrogens is 401 g/mol. The summed E-state index contributed by atoms with van der Waals surface area (Å²) in [4.78, 5) is 23.6. The average molecular weight is 415 g/mol. The first-order valence-corrected chi connectivity index (χ1v) is 8.06. The number of halogens is 4. The van der Waals surface area contributed by atoms with Crippen LogP contribution in [-0.4, -0.2) is 18.4 Å². The van der Waals surface area contributed by atoms with E-state index in [2.05, 4.69) is 26.6 Å². The van der Waals surface area contributed by atoms with Crippen molar-refractivity contribution in [3.63, 3.8) is 0 Å². The molecule has 0 aliphatic heterocycles. The van der Waals surface area contributed by atoms with Crippen molar-refractivity contribution in [2.45, 2.75) is 12.6 Å². The average Bonchev–Trinajstić information content (AvgIpc) is 2.56. The minimum Gasteiger partial charge on any atom is -0.352 e. The molecule has 0 unspecified atom stereocenters. The third-order valence-electron chi connectivity index (χ3n) is 3.23. The molecule has 0 aliphatic rings. The molecule has 2 rings (SSSR count). The predicted octanol–water partition coefficient (Wildman–Crippen LogP) is 4.23. The Morgan fingerprint density at radius 3 is 2.36 bits per heavy atom. The van der Waals surface area contributed by atoms with E-state index < -0.39 is 17.6 Å². The van der Waals surface area contributed by atoms with Crippen molar-refractivity contribution in [1.82, 2.24) is 5.32 Å². The van der Waals surface area contributed by atoms with Crippen LogP contribution < -0.4 is 10.6 Å². The molecule has 2 N–H and O–H groups in total. The SMILES string of the molecule is O=C(CCNC(=O)c1ccccc1)Nc1ccc(Br)c(C(F)(F)F)c1. The predicted molar refractivity (Wildman–Crippen MR) is 91.2 cm³/mol. The van der Waals surface area contributed by atoms with E-state index in [9.17, 15) is 22.8 Å². The Hall–Kier alpha value is -2.35. The summed E-state index contributed by atoms with van der Waals surface area (Å²) in [7, 11) is 0. The number of carbonyl (C=O) groups excluding carboxylic acids is 2. The molecule has 132 valence electrons. The van der Waals surface area contributed by atoms with Gasteiger partial charge in [-0.3, -0.25) is 9.59 Å². The molecule has 2 aromatic carbocycles. The maximum Gasteiger partial charge on any atom is 0.417 e. The third-order valence-corrected chi connectivity index (χ3v) is 3.92. The fourth-order valence-corrected chi connectivity index (χ4v) is 2.50. The lowest BCUT2D eigenvalue weighted by Crippen LogP contribution is -2.27. The van der Waals surface area contributed by atoms with Gasteiger partial charge in [-0.1, -0.05) is 34.1 Å². The Bertz CT molecular complexity index is 764. The normalized spacial score (nSPS) is 11.0. The molecule has 8 heteroatoms. The van der Waals surface area contributed by atoms with Crippen LogP contribution >= 0.6 is 15.9 Å². The molecular formula is C17H14BrF3N2O2. The first-order chi connectivity index (χ1) is 11.8. The maximum atomic E-state index is 12.8. The number of carbonyl (C=O) groups is 2. The maximum absolute atomic E-state index is 12.8. The van der Waals surface area contributed by atoms with E-state index in [-0.39, 0.29) is 29.0 Å². The molecule has 0 heterocycles. The van der Waals surface area contributed by atoms with Gasteiger partial charge in [0.25, 0.3) is 5.91 Å². The van der Waals surface area contributed by atoms with Gasteiger partial charge in [0.05, 0.1) is 5.56 Å². The van der Waals surface area contributed by atoms with Crippen molar-refractivity contribution >= 4 is 33.4 Å². The summed E-state index contributed by atoms with van der Waals surface area (Å²) in [5, 5.41) is 4.96. The molecule has 0 fully saturated rings. The number of rotatable bonds is 5. The van der Waals surface area contributed by atoms with Gasteiger partial charge < -0.3 is 10.6 Å². The highest BCUT2D eigenvalue weighted by Crippen LogP contribution is 2.36. The summed E-state index contributed by atoms with van der Waals surface area (Å²) in [5.74, 6) is -0.819. The number of amides is 2. The summed E-state index contributed by atoms with van der Waals surface area (Å²) >= 11 is 2.83. The molecule has 0 aliphatic carbocycles. The van der Waals surface area contributed by atoms with Crippen molar-refractivity contribution in [2.24, 2.45) is 0 Å². The fourth-order valence-electron chi connectivity index (χ4n) is 2.02. The van der Waals surface area contributed by atoms with Crippen LogP contribution in [0.3, 0.4) is 0 Å². The molecule has 0 radical (unpaired) electrons. The Kier molecular flexibility index (Phi) is 6.19. The van der Waals surface area contributed by atoms with Gasteiger partial charge in [0, 0.05) is 28.7 Å². The largest absolute Gasteiger partial charge is 0.417 e. The Balaban J connectivity index is 1.88. The van der Waals surface area contributed by atoms with E-state index in [0.29, 0.717) is 5.56 Å². The zero-order valence-corrected chi connectivity index (χ0v) is 14.4. The van der Waals surface area contributed by atoms with Crippen molar-refractivity contribution in [3.8, 4) is 0 Å². The molecule has 0 atom stereocenters. The zero-order valence-electron chi connectivity index (χ0n) is 12.9. The fraction of sp³-hybridized carbons (Fsp3) is 0.176. The number of benzene rings is 2. The number of nitrogens with one attached hydrogen (secondary N) is 2. The van der Waals surface area contributed by atoms with E-state index in [1.807, 2.05) is 0 Å². The zero-order chi connectivity index (χ0) is 18.4. The molecule has 0 saturated heterocycles. The van der Waals surface area contributed by atoms with Gasteiger partial charge in [-0.15, -0.1) is 0 Å². The van der Waals surface area contributed by atoms with Crippen LogP contribution in [0.5, 0.6) is 0 Å². The molecule has 2 aromatic rings. The molecule has 0 saturated carbocycles. The smallest absolute Gasteiger partial charge is 0.352 e. The lowest BCUT2D eigenvalue weighted by atomic mass is 10.2. The second kappa shape index (κ2) is 8.15. The Labute approximate surface area is 150 Å². The number of alkyl halides is 3. The summed E-state index contributed by atoms with van der Waals surface area (Å²) in [6.07, 6.45) is -4.58.